The zero-order valence-electron chi connectivity index (χ0n) is 17.2. The van der Waals surface area contributed by atoms with Crippen LogP contribution in [0.3, 0.4) is 0 Å². The first kappa shape index (κ1) is 20.9. The standard InChI is InChI=1S/C22H22F3N5O2/c23-22(24,25)17-13-29(11-14-4-2-1-3-5-14)12-16(17)19-27-21(31)18-10-26-20(30(18)28-19)15-6-8-32-9-7-15/h1-6,10,16-17H,7-9,11-13H2,(H,27,28,31). The molecule has 3 aromatic rings. The number of nitrogens with one attached hydrogen (secondary N) is 1. The Morgan fingerprint density at radius 1 is 1.19 bits per heavy atom. The molecule has 2 unspecified atom stereocenters. The first-order valence-electron chi connectivity index (χ1n) is 10.5. The molecule has 1 aromatic carbocycles. The van der Waals surface area contributed by atoms with Gasteiger partial charge in [0.05, 0.1) is 25.3 Å². The summed E-state index contributed by atoms with van der Waals surface area (Å²) in [5, 5.41) is 4.45. The zero-order chi connectivity index (χ0) is 22.3. The van der Waals surface area contributed by atoms with E-state index in [2.05, 4.69) is 15.1 Å². The van der Waals surface area contributed by atoms with Gasteiger partial charge in [-0.25, -0.2) is 9.50 Å². The van der Waals surface area contributed by atoms with Crippen molar-refractivity contribution in [2.24, 2.45) is 5.92 Å². The molecule has 0 amide bonds. The van der Waals surface area contributed by atoms with Crippen LogP contribution >= 0.6 is 0 Å². The van der Waals surface area contributed by atoms with Crippen LogP contribution in [0.1, 0.15) is 29.6 Å². The normalized spacial score (nSPS) is 22.4. The van der Waals surface area contributed by atoms with Crippen LogP contribution < -0.4 is 5.56 Å². The molecule has 2 aromatic heterocycles. The summed E-state index contributed by atoms with van der Waals surface area (Å²) in [7, 11) is 0. The lowest BCUT2D eigenvalue weighted by Crippen LogP contribution is -2.31. The van der Waals surface area contributed by atoms with Gasteiger partial charge in [0.15, 0.2) is 11.3 Å². The van der Waals surface area contributed by atoms with Crippen LogP contribution in [0.2, 0.25) is 0 Å². The average molecular weight is 445 g/mol. The van der Waals surface area contributed by atoms with E-state index in [9.17, 15) is 18.0 Å². The van der Waals surface area contributed by atoms with Gasteiger partial charge in [-0.1, -0.05) is 36.4 Å². The van der Waals surface area contributed by atoms with Crippen molar-refractivity contribution in [1.29, 1.82) is 0 Å². The number of imidazole rings is 1. The van der Waals surface area contributed by atoms with Gasteiger partial charge in [-0.05, 0) is 17.6 Å². The van der Waals surface area contributed by atoms with Crippen LogP contribution in [0.25, 0.3) is 11.1 Å². The highest BCUT2D eigenvalue weighted by Crippen LogP contribution is 2.42. The Labute approximate surface area is 181 Å². The summed E-state index contributed by atoms with van der Waals surface area (Å²) < 4.78 is 48.5. The zero-order valence-corrected chi connectivity index (χ0v) is 17.2. The summed E-state index contributed by atoms with van der Waals surface area (Å²) in [5.41, 5.74) is 1.52. The fourth-order valence-electron chi connectivity index (χ4n) is 4.50. The van der Waals surface area contributed by atoms with Crippen molar-refractivity contribution in [3.8, 4) is 0 Å². The van der Waals surface area contributed by atoms with E-state index in [1.807, 2.05) is 36.4 Å². The minimum Gasteiger partial charge on any atom is -0.377 e. The second-order valence-electron chi connectivity index (χ2n) is 8.21. The molecule has 2 atom stereocenters. The van der Waals surface area contributed by atoms with Gasteiger partial charge in [0.1, 0.15) is 5.82 Å². The molecule has 32 heavy (non-hydrogen) atoms. The number of likely N-dealkylation sites (tertiary alicyclic amines) is 1. The fraction of sp³-hybridized carbons (Fsp3) is 0.409. The maximum absolute atomic E-state index is 13.9. The van der Waals surface area contributed by atoms with Gasteiger partial charge < -0.3 is 9.72 Å². The molecule has 1 saturated heterocycles. The second-order valence-corrected chi connectivity index (χ2v) is 8.21. The molecule has 2 aliphatic heterocycles. The number of halogens is 3. The number of fused-ring (bicyclic) bond motifs is 1. The number of H-pyrrole nitrogens is 1. The quantitative estimate of drug-likeness (QED) is 0.668. The molecule has 2 aliphatic rings. The monoisotopic (exact) mass is 445 g/mol. The first-order valence-corrected chi connectivity index (χ1v) is 10.5. The molecule has 0 spiro atoms. The van der Waals surface area contributed by atoms with Crippen molar-refractivity contribution >= 4 is 11.1 Å². The third-order valence-corrected chi connectivity index (χ3v) is 6.09. The predicted molar refractivity (Wildman–Crippen MR) is 111 cm³/mol. The fourth-order valence-corrected chi connectivity index (χ4v) is 4.50. The number of ether oxygens (including phenoxy) is 1. The summed E-state index contributed by atoms with van der Waals surface area (Å²) >= 11 is 0. The Hall–Kier alpha value is -2.98. The van der Waals surface area contributed by atoms with Crippen molar-refractivity contribution in [3.63, 3.8) is 0 Å². The number of rotatable bonds is 4. The SMILES string of the molecule is O=c1[nH]c(C2CN(Cc3ccccc3)CC2C(F)(F)F)nn2c(C3=CCOCC3)ncc12. The number of hydrogen-bond donors (Lipinski definition) is 1. The van der Waals surface area contributed by atoms with E-state index in [4.69, 9.17) is 4.74 Å². The van der Waals surface area contributed by atoms with Gasteiger partial charge in [-0.2, -0.15) is 18.3 Å². The Balaban J connectivity index is 1.52. The van der Waals surface area contributed by atoms with Gasteiger partial charge in [-0.3, -0.25) is 9.69 Å². The third-order valence-electron chi connectivity index (χ3n) is 6.09. The van der Waals surface area contributed by atoms with E-state index < -0.39 is 23.6 Å². The molecule has 5 rings (SSSR count). The van der Waals surface area contributed by atoms with Crippen molar-refractivity contribution in [2.45, 2.75) is 25.1 Å². The molecule has 1 fully saturated rings. The molecule has 0 radical (unpaired) electrons. The maximum Gasteiger partial charge on any atom is 0.393 e. The summed E-state index contributed by atoms with van der Waals surface area (Å²) in [4.78, 5) is 21.4. The Kier molecular flexibility index (Phi) is 5.34. The molecule has 7 nitrogen and oxygen atoms in total. The molecule has 0 bridgehead atoms. The summed E-state index contributed by atoms with van der Waals surface area (Å²) in [6, 6.07) is 9.38. The molecular weight excluding hydrogens is 423 g/mol. The van der Waals surface area contributed by atoms with Gasteiger partial charge in [0, 0.05) is 25.6 Å². The summed E-state index contributed by atoms with van der Waals surface area (Å²) in [5.74, 6) is -2.10. The van der Waals surface area contributed by atoms with Crippen molar-refractivity contribution < 1.29 is 17.9 Å². The van der Waals surface area contributed by atoms with Crippen molar-refractivity contribution in [2.75, 3.05) is 26.3 Å². The molecule has 0 aliphatic carbocycles. The second kappa shape index (κ2) is 8.18. The number of hydrogen-bond acceptors (Lipinski definition) is 5. The summed E-state index contributed by atoms with van der Waals surface area (Å²) in [6.45, 7) is 1.34. The van der Waals surface area contributed by atoms with Crippen molar-refractivity contribution in [1.82, 2.24) is 24.5 Å². The van der Waals surface area contributed by atoms with E-state index in [1.54, 1.807) is 4.90 Å². The van der Waals surface area contributed by atoms with Crippen LogP contribution in [0.15, 0.2) is 47.4 Å². The minimum atomic E-state index is -4.41. The van der Waals surface area contributed by atoms with Gasteiger partial charge >= 0.3 is 6.18 Å². The molecule has 4 heterocycles. The maximum atomic E-state index is 13.9. The number of aromatic amines is 1. The highest BCUT2D eigenvalue weighted by molar-refractivity contribution is 5.64. The minimum absolute atomic E-state index is 0.0345. The van der Waals surface area contributed by atoms with E-state index in [0.717, 1.165) is 11.1 Å². The van der Waals surface area contributed by atoms with Crippen molar-refractivity contribution in [3.05, 3.63) is 70.2 Å². The van der Waals surface area contributed by atoms with Crippen LogP contribution in [0.5, 0.6) is 0 Å². The smallest absolute Gasteiger partial charge is 0.377 e. The number of benzene rings is 1. The van der Waals surface area contributed by atoms with Gasteiger partial charge in [0.2, 0.25) is 0 Å². The lowest BCUT2D eigenvalue weighted by molar-refractivity contribution is -0.174. The average Bonchev–Trinajstić information content (AvgIpc) is 3.40. The van der Waals surface area contributed by atoms with E-state index >= 15 is 0 Å². The highest BCUT2D eigenvalue weighted by atomic mass is 19.4. The van der Waals surface area contributed by atoms with Crippen LogP contribution in [-0.4, -0.2) is 57.0 Å². The van der Waals surface area contributed by atoms with Crippen LogP contribution in [0.4, 0.5) is 13.2 Å². The molecule has 0 saturated carbocycles. The number of alkyl halides is 3. The molecule has 1 N–H and O–H groups in total. The molecule has 10 heteroatoms. The van der Waals surface area contributed by atoms with E-state index in [-0.39, 0.29) is 24.4 Å². The Morgan fingerprint density at radius 3 is 2.72 bits per heavy atom. The summed E-state index contributed by atoms with van der Waals surface area (Å²) in [6.07, 6.45) is -0.553. The molecule has 168 valence electrons. The Bertz CT molecular complexity index is 1200. The van der Waals surface area contributed by atoms with E-state index in [1.165, 1.54) is 10.7 Å². The largest absolute Gasteiger partial charge is 0.393 e. The van der Waals surface area contributed by atoms with Gasteiger partial charge in [-0.15, -0.1) is 0 Å². The topological polar surface area (TPSA) is 75.5 Å². The Morgan fingerprint density at radius 2 is 2.00 bits per heavy atom. The van der Waals surface area contributed by atoms with E-state index in [0.29, 0.717) is 32.0 Å². The highest BCUT2D eigenvalue weighted by Gasteiger charge is 2.51. The van der Waals surface area contributed by atoms with Crippen LogP contribution in [-0.2, 0) is 11.3 Å². The number of nitrogens with zero attached hydrogens (tertiary/aromatic N) is 4. The predicted octanol–water partition coefficient (Wildman–Crippen LogP) is 3.00. The van der Waals surface area contributed by atoms with Gasteiger partial charge in [0.25, 0.3) is 5.56 Å². The first-order chi connectivity index (χ1) is 15.4. The van der Waals surface area contributed by atoms with Crippen LogP contribution in [0, 0.1) is 5.92 Å². The number of aromatic nitrogens is 4. The lowest BCUT2D eigenvalue weighted by Gasteiger charge is -2.20. The lowest BCUT2D eigenvalue weighted by atomic mass is 9.95. The molecular formula is C22H22F3N5O2. The third kappa shape index (κ3) is 3.95.